The molecule has 14 heavy (non-hydrogen) atoms. The van der Waals surface area contributed by atoms with Gasteiger partial charge in [-0.3, -0.25) is 0 Å². The fraction of sp³-hybridized carbons (Fsp3) is 0.429. The van der Waals surface area contributed by atoms with Gasteiger partial charge in [-0.05, 0) is 42.7 Å². The summed E-state index contributed by atoms with van der Waals surface area (Å²) in [6.07, 6.45) is 8.59. The van der Waals surface area contributed by atoms with Crippen molar-refractivity contribution in [2.24, 2.45) is 5.92 Å². The summed E-state index contributed by atoms with van der Waals surface area (Å²) < 4.78 is 0. The molecular weight excluding hydrogens is 168 g/mol. The molecule has 0 amide bonds. The highest BCUT2D eigenvalue weighted by Crippen LogP contribution is 2.24. The predicted octanol–water partition coefficient (Wildman–Crippen LogP) is 3.76. The van der Waals surface area contributed by atoms with Gasteiger partial charge in [-0.1, -0.05) is 36.8 Å². The smallest absolute Gasteiger partial charge is 0.0196 e. The number of benzene rings is 1. The van der Waals surface area contributed by atoms with Gasteiger partial charge in [0.1, 0.15) is 0 Å². The molecule has 0 nitrogen and oxygen atoms in total. The van der Waals surface area contributed by atoms with Gasteiger partial charge in [-0.25, -0.2) is 0 Å². The maximum atomic E-state index is 3.93. The van der Waals surface area contributed by atoms with E-state index in [0.29, 0.717) is 5.92 Å². The Morgan fingerprint density at radius 2 is 1.93 bits per heavy atom. The molecule has 1 atom stereocenters. The Kier molecular flexibility index (Phi) is 3.03. The van der Waals surface area contributed by atoms with Crippen LogP contribution >= 0.6 is 0 Å². The number of allylic oxidation sites excluding steroid dienone is 1. The van der Waals surface area contributed by atoms with Gasteiger partial charge in [0.25, 0.3) is 0 Å². The molecule has 1 aromatic rings. The molecule has 2 rings (SSSR count). The lowest BCUT2D eigenvalue weighted by Gasteiger charge is -2.18. The highest BCUT2D eigenvalue weighted by molar-refractivity contribution is 5.28. The molecule has 1 aliphatic rings. The van der Waals surface area contributed by atoms with E-state index >= 15 is 0 Å². The van der Waals surface area contributed by atoms with E-state index < -0.39 is 0 Å². The van der Waals surface area contributed by atoms with Crippen LogP contribution < -0.4 is 0 Å². The number of aryl methyl sites for hydroxylation is 1. The topological polar surface area (TPSA) is 0 Å². The first-order valence-corrected chi connectivity index (χ1v) is 5.59. The van der Waals surface area contributed by atoms with Crippen LogP contribution in [0.2, 0.25) is 0 Å². The summed E-state index contributed by atoms with van der Waals surface area (Å²) >= 11 is 0. The molecule has 0 fully saturated rings. The molecule has 0 spiro atoms. The standard InChI is InChI=1S/C14H18/c1-2-12-7-3-4-8-13-9-5-6-10-14(13)11-12/h2,5-6,9-10,12H,1,3-4,7-8,11H2/t12-/m0/s1. The van der Waals surface area contributed by atoms with Crippen molar-refractivity contribution in [2.75, 3.05) is 0 Å². The summed E-state index contributed by atoms with van der Waals surface area (Å²) in [6.45, 7) is 3.93. The van der Waals surface area contributed by atoms with Gasteiger partial charge >= 0.3 is 0 Å². The molecule has 1 aromatic carbocycles. The van der Waals surface area contributed by atoms with Gasteiger partial charge in [-0.15, -0.1) is 6.58 Å². The van der Waals surface area contributed by atoms with Crippen molar-refractivity contribution in [3.8, 4) is 0 Å². The maximum absolute atomic E-state index is 3.93. The molecule has 0 aromatic heterocycles. The van der Waals surface area contributed by atoms with Gasteiger partial charge in [0, 0.05) is 0 Å². The van der Waals surface area contributed by atoms with Gasteiger partial charge in [-0.2, -0.15) is 0 Å². The van der Waals surface area contributed by atoms with E-state index in [1.165, 1.54) is 37.7 Å². The van der Waals surface area contributed by atoms with Crippen molar-refractivity contribution in [3.05, 3.63) is 48.0 Å². The maximum Gasteiger partial charge on any atom is -0.0196 e. The SMILES string of the molecule is C=C[C@H]1CCCCc2ccccc2C1. The van der Waals surface area contributed by atoms with Gasteiger partial charge < -0.3 is 0 Å². The minimum Gasteiger partial charge on any atom is -0.103 e. The van der Waals surface area contributed by atoms with Crippen LogP contribution in [-0.2, 0) is 12.8 Å². The fourth-order valence-corrected chi connectivity index (χ4v) is 2.31. The largest absolute Gasteiger partial charge is 0.103 e. The Hall–Kier alpha value is -1.04. The lowest BCUT2D eigenvalue weighted by molar-refractivity contribution is 0.524. The van der Waals surface area contributed by atoms with Crippen LogP contribution in [0.4, 0.5) is 0 Å². The van der Waals surface area contributed by atoms with Crippen LogP contribution in [0.5, 0.6) is 0 Å². The Bertz CT molecular complexity index is 312. The van der Waals surface area contributed by atoms with Crippen LogP contribution in [-0.4, -0.2) is 0 Å². The number of rotatable bonds is 1. The summed E-state index contributed by atoms with van der Waals surface area (Å²) in [7, 11) is 0. The van der Waals surface area contributed by atoms with Crippen molar-refractivity contribution in [1.82, 2.24) is 0 Å². The zero-order chi connectivity index (χ0) is 9.80. The normalized spacial score (nSPS) is 21.9. The van der Waals surface area contributed by atoms with Crippen LogP contribution in [0.3, 0.4) is 0 Å². The second-order valence-electron chi connectivity index (χ2n) is 4.21. The zero-order valence-electron chi connectivity index (χ0n) is 8.71. The Balaban J connectivity index is 2.25. The monoisotopic (exact) mass is 186 g/mol. The molecule has 0 saturated carbocycles. The quantitative estimate of drug-likeness (QED) is 0.586. The molecule has 0 N–H and O–H groups in total. The minimum atomic E-state index is 0.691. The third-order valence-corrected chi connectivity index (χ3v) is 3.20. The molecule has 0 bridgehead atoms. The summed E-state index contributed by atoms with van der Waals surface area (Å²) in [5.41, 5.74) is 3.09. The average Bonchev–Trinajstić information content (AvgIpc) is 2.19. The molecular formula is C14H18. The van der Waals surface area contributed by atoms with Crippen molar-refractivity contribution >= 4 is 0 Å². The van der Waals surface area contributed by atoms with Crippen molar-refractivity contribution in [3.63, 3.8) is 0 Å². The minimum absolute atomic E-state index is 0.691. The third kappa shape index (κ3) is 2.06. The summed E-state index contributed by atoms with van der Waals surface area (Å²) in [6, 6.07) is 8.86. The van der Waals surface area contributed by atoms with E-state index in [0.717, 1.165) is 0 Å². The summed E-state index contributed by atoms with van der Waals surface area (Å²) in [5.74, 6) is 0.691. The predicted molar refractivity (Wildman–Crippen MR) is 61.4 cm³/mol. The summed E-state index contributed by atoms with van der Waals surface area (Å²) in [4.78, 5) is 0. The third-order valence-electron chi connectivity index (χ3n) is 3.20. The highest BCUT2D eigenvalue weighted by Gasteiger charge is 2.11. The van der Waals surface area contributed by atoms with Crippen LogP contribution in [0, 0.1) is 5.92 Å². The van der Waals surface area contributed by atoms with E-state index in [1.807, 2.05) is 0 Å². The van der Waals surface area contributed by atoms with E-state index in [2.05, 4.69) is 36.9 Å². The first kappa shape index (κ1) is 9.51. The van der Waals surface area contributed by atoms with Gasteiger partial charge in [0.2, 0.25) is 0 Å². The van der Waals surface area contributed by atoms with Crippen molar-refractivity contribution < 1.29 is 0 Å². The second-order valence-corrected chi connectivity index (χ2v) is 4.21. The molecule has 74 valence electrons. The molecule has 0 aliphatic heterocycles. The van der Waals surface area contributed by atoms with Gasteiger partial charge in [0.15, 0.2) is 0 Å². The fourth-order valence-electron chi connectivity index (χ4n) is 2.31. The molecule has 0 radical (unpaired) electrons. The van der Waals surface area contributed by atoms with E-state index in [1.54, 1.807) is 5.56 Å². The Morgan fingerprint density at radius 3 is 2.71 bits per heavy atom. The first-order valence-electron chi connectivity index (χ1n) is 5.59. The van der Waals surface area contributed by atoms with E-state index in [9.17, 15) is 0 Å². The van der Waals surface area contributed by atoms with Crippen LogP contribution in [0.15, 0.2) is 36.9 Å². The lowest BCUT2D eigenvalue weighted by Crippen LogP contribution is -2.07. The van der Waals surface area contributed by atoms with E-state index in [-0.39, 0.29) is 0 Å². The summed E-state index contributed by atoms with van der Waals surface area (Å²) in [5, 5.41) is 0. The highest BCUT2D eigenvalue weighted by atomic mass is 14.2. The van der Waals surface area contributed by atoms with Crippen molar-refractivity contribution in [2.45, 2.75) is 32.1 Å². The molecule has 0 heterocycles. The van der Waals surface area contributed by atoms with Crippen LogP contribution in [0.25, 0.3) is 0 Å². The first-order chi connectivity index (χ1) is 6.90. The molecule has 1 aliphatic carbocycles. The number of hydrogen-bond acceptors (Lipinski definition) is 0. The van der Waals surface area contributed by atoms with Gasteiger partial charge in [0.05, 0.1) is 0 Å². The average molecular weight is 186 g/mol. The number of hydrogen-bond donors (Lipinski definition) is 0. The van der Waals surface area contributed by atoms with Crippen molar-refractivity contribution in [1.29, 1.82) is 0 Å². The number of fused-ring (bicyclic) bond motifs is 1. The van der Waals surface area contributed by atoms with Crippen LogP contribution in [0.1, 0.15) is 30.4 Å². The Labute approximate surface area is 86.7 Å². The Morgan fingerprint density at radius 1 is 1.14 bits per heavy atom. The molecule has 0 heteroatoms. The lowest BCUT2D eigenvalue weighted by atomic mass is 9.87. The van der Waals surface area contributed by atoms with E-state index in [4.69, 9.17) is 0 Å². The molecule has 0 unspecified atom stereocenters. The second kappa shape index (κ2) is 4.45. The zero-order valence-corrected chi connectivity index (χ0v) is 8.71. The molecule has 0 saturated heterocycles.